The highest BCUT2D eigenvalue weighted by Crippen LogP contribution is 2.38. The van der Waals surface area contributed by atoms with Crippen LogP contribution in [0.2, 0.25) is 0 Å². The molecule has 1 fully saturated rings. The second kappa shape index (κ2) is 8.54. The number of carbonyl (C=O) groups excluding carboxylic acids is 2. The van der Waals surface area contributed by atoms with E-state index < -0.39 is 0 Å². The third-order valence-corrected chi connectivity index (χ3v) is 6.00. The third kappa shape index (κ3) is 4.76. The van der Waals surface area contributed by atoms with E-state index in [1.807, 2.05) is 54.6 Å². The summed E-state index contributed by atoms with van der Waals surface area (Å²) in [6.45, 7) is 2.05. The third-order valence-electron chi connectivity index (χ3n) is 5.06. The molecule has 1 N–H and O–H groups in total. The van der Waals surface area contributed by atoms with E-state index in [2.05, 4.69) is 12.2 Å². The Morgan fingerprint density at radius 3 is 2.35 bits per heavy atom. The molecular weight excluding hydrogens is 342 g/mol. The molecule has 0 atom stereocenters. The molecule has 2 aromatic rings. The van der Waals surface area contributed by atoms with Crippen LogP contribution in [0.3, 0.4) is 0 Å². The molecular formula is C22H25NO2S. The minimum Gasteiger partial charge on any atom is -0.325 e. The maximum Gasteiger partial charge on any atom is 0.230 e. The second-order valence-electron chi connectivity index (χ2n) is 7.21. The lowest BCUT2D eigenvalue weighted by atomic mass is 9.75. The van der Waals surface area contributed by atoms with Gasteiger partial charge in [-0.3, -0.25) is 9.59 Å². The Bertz CT molecular complexity index is 767. The predicted octanol–water partition coefficient (Wildman–Crippen LogP) is 5.46. The lowest BCUT2D eigenvalue weighted by Crippen LogP contribution is -2.35. The highest BCUT2D eigenvalue weighted by atomic mass is 32.2. The zero-order chi connectivity index (χ0) is 18.4. The Kier molecular flexibility index (Phi) is 6.15. The average molecular weight is 368 g/mol. The van der Waals surface area contributed by atoms with E-state index in [1.165, 1.54) is 18.2 Å². The van der Waals surface area contributed by atoms with Gasteiger partial charge in [-0.2, -0.15) is 0 Å². The predicted molar refractivity (Wildman–Crippen MR) is 107 cm³/mol. The van der Waals surface area contributed by atoms with Crippen molar-refractivity contribution in [1.29, 1.82) is 0 Å². The van der Waals surface area contributed by atoms with E-state index in [9.17, 15) is 9.59 Å². The van der Waals surface area contributed by atoms with E-state index in [0.29, 0.717) is 6.42 Å². The van der Waals surface area contributed by atoms with Crippen molar-refractivity contribution in [2.75, 3.05) is 5.32 Å². The van der Waals surface area contributed by atoms with Crippen LogP contribution in [0.25, 0.3) is 0 Å². The zero-order valence-electron chi connectivity index (χ0n) is 15.2. The van der Waals surface area contributed by atoms with Crippen LogP contribution in [-0.4, -0.2) is 11.0 Å². The molecule has 0 spiro atoms. The molecule has 136 valence electrons. The number of para-hydroxylation sites is 1. The fourth-order valence-electron chi connectivity index (χ4n) is 3.41. The van der Waals surface area contributed by atoms with Gasteiger partial charge in [0.25, 0.3) is 0 Å². The number of thioether (sulfide) groups is 1. The van der Waals surface area contributed by atoms with Crippen LogP contribution in [0, 0.1) is 5.41 Å². The van der Waals surface area contributed by atoms with Crippen LogP contribution in [-0.2, 0) is 16.0 Å². The van der Waals surface area contributed by atoms with Crippen molar-refractivity contribution < 1.29 is 9.59 Å². The van der Waals surface area contributed by atoms with Crippen molar-refractivity contribution in [3.05, 3.63) is 60.2 Å². The van der Waals surface area contributed by atoms with E-state index >= 15 is 0 Å². The molecule has 3 rings (SSSR count). The van der Waals surface area contributed by atoms with Gasteiger partial charge in [0.1, 0.15) is 0 Å². The molecule has 0 bridgehead atoms. The van der Waals surface area contributed by atoms with Gasteiger partial charge in [0, 0.05) is 16.7 Å². The van der Waals surface area contributed by atoms with Crippen LogP contribution >= 0.6 is 11.8 Å². The number of hydrogen-bond acceptors (Lipinski definition) is 3. The van der Waals surface area contributed by atoms with Gasteiger partial charge < -0.3 is 5.32 Å². The van der Waals surface area contributed by atoms with Gasteiger partial charge >= 0.3 is 0 Å². The molecule has 0 unspecified atom stereocenters. The Morgan fingerprint density at radius 2 is 1.62 bits per heavy atom. The van der Waals surface area contributed by atoms with Gasteiger partial charge in [-0.15, -0.1) is 0 Å². The summed E-state index contributed by atoms with van der Waals surface area (Å²) in [5, 5.41) is 3.15. The molecule has 0 radical (unpaired) electrons. The Labute approximate surface area is 159 Å². The summed E-state index contributed by atoms with van der Waals surface area (Å²) in [6, 6.07) is 17.3. The minimum absolute atomic E-state index is 0.0701. The van der Waals surface area contributed by atoms with Crippen molar-refractivity contribution in [2.45, 2.75) is 50.3 Å². The lowest BCUT2D eigenvalue weighted by Gasteiger charge is -2.32. The van der Waals surface area contributed by atoms with Crippen molar-refractivity contribution in [3.8, 4) is 0 Å². The van der Waals surface area contributed by atoms with Crippen LogP contribution in [0.1, 0.15) is 44.6 Å². The molecule has 1 saturated carbocycles. The summed E-state index contributed by atoms with van der Waals surface area (Å²) >= 11 is 1.20. The second-order valence-corrected chi connectivity index (χ2v) is 8.31. The highest BCUT2D eigenvalue weighted by Gasteiger charge is 2.34. The number of benzene rings is 2. The summed E-state index contributed by atoms with van der Waals surface area (Å²) in [7, 11) is 0. The molecule has 1 amide bonds. The number of rotatable bonds is 5. The monoisotopic (exact) mass is 367 g/mol. The molecule has 1 aliphatic carbocycles. The Balaban J connectivity index is 1.68. The van der Waals surface area contributed by atoms with E-state index in [4.69, 9.17) is 0 Å². The maximum absolute atomic E-state index is 12.8. The first-order valence-electron chi connectivity index (χ1n) is 9.22. The fourth-order valence-corrected chi connectivity index (χ4v) is 4.27. The van der Waals surface area contributed by atoms with Gasteiger partial charge in [-0.1, -0.05) is 68.7 Å². The normalized spacial score (nSPS) is 16.0. The topological polar surface area (TPSA) is 46.2 Å². The van der Waals surface area contributed by atoms with Crippen LogP contribution in [0.4, 0.5) is 5.69 Å². The summed E-state index contributed by atoms with van der Waals surface area (Å²) in [5.74, 6) is 0.0701. The molecule has 0 heterocycles. The number of nitrogens with one attached hydrogen (secondary N) is 1. The van der Waals surface area contributed by atoms with Crippen molar-refractivity contribution >= 4 is 28.5 Å². The zero-order valence-corrected chi connectivity index (χ0v) is 16.0. The molecule has 0 saturated heterocycles. The SMILES string of the molecule is CC1(C(=O)Nc2ccccc2SC(=O)Cc2ccccc2)CCCCC1. The summed E-state index contributed by atoms with van der Waals surface area (Å²) in [5.41, 5.74) is 1.43. The van der Waals surface area contributed by atoms with Gasteiger partial charge in [0.15, 0.2) is 5.12 Å². The molecule has 3 nitrogen and oxygen atoms in total. The molecule has 0 aromatic heterocycles. The number of carbonyl (C=O) groups is 2. The number of amides is 1. The highest BCUT2D eigenvalue weighted by molar-refractivity contribution is 8.13. The molecule has 26 heavy (non-hydrogen) atoms. The van der Waals surface area contributed by atoms with Crippen LogP contribution in [0.5, 0.6) is 0 Å². The van der Waals surface area contributed by atoms with E-state index in [-0.39, 0.29) is 16.4 Å². The average Bonchev–Trinajstić information content (AvgIpc) is 2.64. The lowest BCUT2D eigenvalue weighted by molar-refractivity contribution is -0.126. The van der Waals surface area contributed by atoms with Crippen molar-refractivity contribution in [3.63, 3.8) is 0 Å². The molecule has 1 aliphatic rings. The van der Waals surface area contributed by atoms with Crippen LogP contribution in [0.15, 0.2) is 59.5 Å². The molecule has 4 heteroatoms. The Morgan fingerprint density at radius 1 is 0.962 bits per heavy atom. The van der Waals surface area contributed by atoms with Gasteiger partial charge in [-0.05, 0) is 42.3 Å². The quantitative estimate of drug-likeness (QED) is 0.714. The molecule has 0 aliphatic heterocycles. The van der Waals surface area contributed by atoms with Crippen molar-refractivity contribution in [2.24, 2.45) is 5.41 Å². The Hall–Kier alpha value is -2.07. The van der Waals surface area contributed by atoms with E-state index in [1.54, 1.807) is 0 Å². The number of anilines is 1. The summed E-state index contributed by atoms with van der Waals surface area (Å²) in [6.07, 6.45) is 5.67. The van der Waals surface area contributed by atoms with Gasteiger partial charge in [-0.25, -0.2) is 0 Å². The largest absolute Gasteiger partial charge is 0.325 e. The first-order chi connectivity index (χ1) is 12.6. The standard InChI is InChI=1S/C22H25NO2S/c1-22(14-8-3-9-15-22)21(25)23-18-12-6-7-13-19(18)26-20(24)16-17-10-4-2-5-11-17/h2,4-7,10-13H,3,8-9,14-16H2,1H3,(H,23,25). The smallest absolute Gasteiger partial charge is 0.230 e. The van der Waals surface area contributed by atoms with Crippen molar-refractivity contribution in [1.82, 2.24) is 0 Å². The fraction of sp³-hybridized carbons (Fsp3) is 0.364. The summed E-state index contributed by atoms with van der Waals surface area (Å²) < 4.78 is 0. The minimum atomic E-state index is -0.302. The summed E-state index contributed by atoms with van der Waals surface area (Å²) in [4.78, 5) is 26.1. The van der Waals surface area contributed by atoms with Gasteiger partial charge in [0.05, 0.1) is 5.69 Å². The van der Waals surface area contributed by atoms with Crippen LogP contribution < -0.4 is 5.32 Å². The number of hydrogen-bond donors (Lipinski definition) is 1. The maximum atomic E-state index is 12.8. The van der Waals surface area contributed by atoms with Gasteiger partial charge in [0.2, 0.25) is 5.91 Å². The van der Waals surface area contributed by atoms with E-state index in [0.717, 1.165) is 41.8 Å². The first-order valence-corrected chi connectivity index (χ1v) is 10.0. The molecule has 2 aromatic carbocycles. The first kappa shape index (κ1) is 18.7.